The number of nitrogens with one attached hydrogen (secondary N) is 1. The van der Waals surface area contributed by atoms with Gasteiger partial charge in [0.05, 0.1) is 9.79 Å². The molecule has 0 amide bonds. The zero-order valence-corrected chi connectivity index (χ0v) is 11.0. The van der Waals surface area contributed by atoms with E-state index in [2.05, 4.69) is 5.32 Å². The van der Waals surface area contributed by atoms with Crippen LogP contribution in [0.25, 0.3) is 0 Å². The molecule has 100 valence electrons. The molecule has 2 rings (SSSR count). The summed E-state index contributed by atoms with van der Waals surface area (Å²) in [6, 6.07) is 7.78. The Morgan fingerprint density at radius 2 is 1.84 bits per heavy atom. The minimum Gasteiger partial charge on any atom is -0.316 e. The van der Waals surface area contributed by atoms with Gasteiger partial charge in [0.15, 0.2) is 0 Å². The van der Waals surface area contributed by atoms with Gasteiger partial charge in [-0.2, -0.15) is 0 Å². The second kappa shape index (κ2) is 6.12. The molecule has 0 aliphatic rings. The van der Waals surface area contributed by atoms with Crippen molar-refractivity contribution in [2.24, 2.45) is 0 Å². The van der Waals surface area contributed by atoms with Crippen LogP contribution in [0.3, 0.4) is 0 Å². The third-order valence-electron chi connectivity index (χ3n) is 2.52. The van der Waals surface area contributed by atoms with E-state index in [1.807, 2.05) is 0 Å². The fraction of sp³-hybridized carbons (Fsp3) is 0.143. The molecule has 1 N–H and O–H groups in total. The first kappa shape index (κ1) is 14.0. The maximum atomic E-state index is 13.8. The van der Waals surface area contributed by atoms with Crippen molar-refractivity contribution in [1.29, 1.82) is 0 Å². The van der Waals surface area contributed by atoms with Crippen LogP contribution in [0, 0.1) is 17.5 Å². The summed E-state index contributed by atoms with van der Waals surface area (Å²) >= 11 is 0.892. The van der Waals surface area contributed by atoms with Crippen molar-refractivity contribution in [1.82, 2.24) is 5.32 Å². The van der Waals surface area contributed by atoms with Gasteiger partial charge >= 0.3 is 0 Å². The Kier molecular flexibility index (Phi) is 4.50. The highest BCUT2D eigenvalue weighted by Gasteiger charge is 2.13. The first-order chi connectivity index (χ1) is 9.11. The summed E-state index contributed by atoms with van der Waals surface area (Å²) in [7, 11) is 1.74. The molecule has 2 aromatic rings. The Morgan fingerprint density at radius 3 is 2.58 bits per heavy atom. The Labute approximate surface area is 113 Å². The fourth-order valence-electron chi connectivity index (χ4n) is 1.66. The van der Waals surface area contributed by atoms with E-state index in [4.69, 9.17) is 0 Å². The van der Waals surface area contributed by atoms with E-state index in [1.165, 1.54) is 6.07 Å². The van der Waals surface area contributed by atoms with Crippen molar-refractivity contribution < 1.29 is 13.2 Å². The van der Waals surface area contributed by atoms with Crippen LogP contribution in [0.15, 0.2) is 46.2 Å². The molecule has 0 aliphatic heterocycles. The predicted molar refractivity (Wildman–Crippen MR) is 69.6 cm³/mol. The fourth-order valence-corrected chi connectivity index (χ4v) is 2.66. The van der Waals surface area contributed by atoms with Gasteiger partial charge in [0.2, 0.25) is 0 Å². The summed E-state index contributed by atoms with van der Waals surface area (Å²) < 4.78 is 40.5. The normalized spacial score (nSPS) is 10.7. The summed E-state index contributed by atoms with van der Waals surface area (Å²) in [5, 5.41) is 2.92. The minimum absolute atomic E-state index is 0.0717. The number of hydrogen-bond acceptors (Lipinski definition) is 2. The molecule has 0 bridgehead atoms. The highest BCUT2D eigenvalue weighted by molar-refractivity contribution is 7.99. The lowest BCUT2D eigenvalue weighted by Crippen LogP contribution is -2.07. The Bertz CT molecular complexity index is 587. The SMILES string of the molecule is CNCc1cccc(F)c1Sc1cc(F)ccc1F. The average molecular weight is 283 g/mol. The third-order valence-corrected chi connectivity index (χ3v) is 3.72. The summed E-state index contributed by atoms with van der Waals surface area (Å²) in [4.78, 5) is 0.379. The van der Waals surface area contributed by atoms with Crippen LogP contribution in [0.1, 0.15) is 5.56 Å². The van der Waals surface area contributed by atoms with Crippen LogP contribution >= 0.6 is 11.8 Å². The topological polar surface area (TPSA) is 12.0 Å². The molecule has 0 fully saturated rings. The molecule has 2 aromatic carbocycles. The molecule has 0 spiro atoms. The van der Waals surface area contributed by atoms with Gasteiger partial charge in [0.25, 0.3) is 0 Å². The van der Waals surface area contributed by atoms with Crippen LogP contribution in [-0.4, -0.2) is 7.05 Å². The Hall–Kier alpha value is -1.46. The summed E-state index contributed by atoms with van der Waals surface area (Å²) in [5.41, 5.74) is 0.705. The van der Waals surface area contributed by atoms with E-state index in [-0.39, 0.29) is 4.90 Å². The molecular weight excluding hydrogens is 271 g/mol. The molecule has 19 heavy (non-hydrogen) atoms. The Morgan fingerprint density at radius 1 is 1.05 bits per heavy atom. The maximum Gasteiger partial charge on any atom is 0.137 e. The van der Waals surface area contributed by atoms with Gasteiger partial charge in [-0.3, -0.25) is 0 Å². The predicted octanol–water partition coefficient (Wildman–Crippen LogP) is 3.97. The van der Waals surface area contributed by atoms with E-state index in [0.717, 1.165) is 30.0 Å². The lowest BCUT2D eigenvalue weighted by atomic mass is 10.2. The van der Waals surface area contributed by atoms with Crippen LogP contribution in [-0.2, 0) is 6.54 Å². The highest BCUT2D eigenvalue weighted by Crippen LogP contribution is 2.34. The molecule has 1 nitrogen and oxygen atoms in total. The van der Waals surface area contributed by atoms with Crippen LogP contribution < -0.4 is 5.32 Å². The number of benzene rings is 2. The van der Waals surface area contributed by atoms with E-state index >= 15 is 0 Å². The van der Waals surface area contributed by atoms with Gasteiger partial charge in [-0.25, -0.2) is 13.2 Å². The number of rotatable bonds is 4. The molecular formula is C14H12F3NS. The van der Waals surface area contributed by atoms with Crippen LogP contribution in [0.5, 0.6) is 0 Å². The standard InChI is InChI=1S/C14H12F3NS/c1-18-8-9-3-2-4-12(17)14(9)19-13-7-10(15)5-6-11(13)16/h2-7,18H,8H2,1H3. The van der Waals surface area contributed by atoms with Gasteiger partial charge in [-0.15, -0.1) is 0 Å². The van der Waals surface area contributed by atoms with Gasteiger partial charge in [-0.05, 0) is 36.9 Å². The van der Waals surface area contributed by atoms with Gasteiger partial charge < -0.3 is 5.32 Å². The highest BCUT2D eigenvalue weighted by atomic mass is 32.2. The molecule has 0 unspecified atom stereocenters. The molecule has 0 saturated heterocycles. The van der Waals surface area contributed by atoms with E-state index in [0.29, 0.717) is 17.0 Å². The largest absolute Gasteiger partial charge is 0.316 e. The lowest BCUT2D eigenvalue weighted by Gasteiger charge is -2.10. The molecule has 5 heteroatoms. The van der Waals surface area contributed by atoms with Crippen molar-refractivity contribution >= 4 is 11.8 Å². The second-order valence-corrected chi connectivity index (χ2v) is 4.99. The van der Waals surface area contributed by atoms with Gasteiger partial charge in [-0.1, -0.05) is 23.9 Å². The first-order valence-corrected chi connectivity index (χ1v) is 6.48. The van der Waals surface area contributed by atoms with Crippen molar-refractivity contribution in [3.05, 3.63) is 59.4 Å². The van der Waals surface area contributed by atoms with Crippen molar-refractivity contribution in [3.8, 4) is 0 Å². The van der Waals surface area contributed by atoms with E-state index in [1.54, 1.807) is 19.2 Å². The van der Waals surface area contributed by atoms with Gasteiger partial charge in [0.1, 0.15) is 17.5 Å². The quantitative estimate of drug-likeness (QED) is 0.911. The minimum atomic E-state index is -0.565. The molecule has 0 radical (unpaired) electrons. The Balaban J connectivity index is 2.39. The summed E-state index contributed by atoms with van der Waals surface area (Å²) in [6.45, 7) is 0.455. The van der Waals surface area contributed by atoms with Gasteiger partial charge in [0, 0.05) is 6.54 Å². The molecule has 0 aliphatic carbocycles. The van der Waals surface area contributed by atoms with E-state index in [9.17, 15) is 13.2 Å². The zero-order valence-electron chi connectivity index (χ0n) is 10.2. The van der Waals surface area contributed by atoms with Crippen molar-refractivity contribution in [2.45, 2.75) is 16.3 Å². The summed E-state index contributed by atoms with van der Waals surface area (Å²) in [5.74, 6) is -1.55. The maximum absolute atomic E-state index is 13.8. The first-order valence-electron chi connectivity index (χ1n) is 5.66. The smallest absolute Gasteiger partial charge is 0.137 e. The third kappa shape index (κ3) is 3.30. The van der Waals surface area contributed by atoms with Crippen LogP contribution in [0.2, 0.25) is 0 Å². The average Bonchev–Trinajstić information content (AvgIpc) is 2.38. The number of halogens is 3. The molecule has 0 atom stereocenters. The van der Waals surface area contributed by atoms with Crippen LogP contribution in [0.4, 0.5) is 13.2 Å². The molecule has 0 heterocycles. The van der Waals surface area contributed by atoms with Crippen molar-refractivity contribution in [3.63, 3.8) is 0 Å². The monoisotopic (exact) mass is 283 g/mol. The summed E-state index contributed by atoms with van der Waals surface area (Å²) in [6.07, 6.45) is 0. The zero-order chi connectivity index (χ0) is 13.8. The molecule has 0 aromatic heterocycles. The lowest BCUT2D eigenvalue weighted by molar-refractivity contribution is 0.575. The molecule has 0 saturated carbocycles. The van der Waals surface area contributed by atoms with E-state index < -0.39 is 17.5 Å². The number of hydrogen-bond donors (Lipinski definition) is 1. The second-order valence-electron chi connectivity index (χ2n) is 3.94. The van der Waals surface area contributed by atoms with Crippen molar-refractivity contribution in [2.75, 3.05) is 7.05 Å².